The number of likely N-dealkylation sites (N-methyl/N-ethyl adjacent to an activating group) is 1. The first kappa shape index (κ1) is 22.9. The van der Waals surface area contributed by atoms with E-state index in [2.05, 4.69) is 0 Å². The molecule has 12 heteroatoms. The summed E-state index contributed by atoms with van der Waals surface area (Å²) in [5.74, 6) is -0.262. The molecule has 2 fully saturated rings. The summed E-state index contributed by atoms with van der Waals surface area (Å²) < 4.78 is 24.7. The second-order valence-corrected chi connectivity index (χ2v) is 10.4. The molecule has 166 valence electrons. The Labute approximate surface area is 185 Å². The lowest BCUT2D eigenvalue weighted by Gasteiger charge is -2.35. The predicted octanol–water partition coefficient (Wildman–Crippen LogP) is 2.07. The lowest BCUT2D eigenvalue weighted by Crippen LogP contribution is -2.53. The molecule has 1 aromatic carbocycles. The van der Waals surface area contributed by atoms with Crippen LogP contribution in [0.25, 0.3) is 0 Å². The Balaban J connectivity index is 1.77. The summed E-state index contributed by atoms with van der Waals surface area (Å²) in [6.07, 6.45) is 0.0696. The van der Waals surface area contributed by atoms with E-state index in [1.54, 1.807) is 28.0 Å². The summed E-state index contributed by atoms with van der Waals surface area (Å²) in [6.45, 7) is 1.63. The highest BCUT2D eigenvalue weighted by Gasteiger charge is 2.42. The van der Waals surface area contributed by atoms with E-state index >= 15 is 0 Å². The van der Waals surface area contributed by atoms with Gasteiger partial charge in [0.15, 0.2) is 0 Å². The van der Waals surface area contributed by atoms with Crippen LogP contribution >= 0.6 is 23.2 Å². The van der Waals surface area contributed by atoms with Crippen molar-refractivity contribution in [2.24, 2.45) is 0 Å². The number of carboxylic acid groups (broad SMARTS) is 1. The van der Waals surface area contributed by atoms with Crippen LogP contribution in [-0.2, 0) is 10.0 Å². The Hall–Kier alpha value is -1.75. The van der Waals surface area contributed by atoms with Gasteiger partial charge in [-0.25, -0.2) is 18.0 Å². The summed E-state index contributed by atoms with van der Waals surface area (Å²) >= 11 is 12.2. The molecule has 1 N–H and O–H groups in total. The summed E-state index contributed by atoms with van der Waals surface area (Å²) in [5.41, 5.74) is 0.805. The molecule has 0 saturated carbocycles. The SMILES string of the molecule is CN(C(=O)O)[C@@H]1CN(C(=O)N2CCN(S(C)(=O)=O)CC2)C[C@H]1c1ccc(Cl)c(Cl)c1. The maximum atomic E-state index is 13.1. The zero-order valence-corrected chi connectivity index (χ0v) is 19.0. The zero-order chi connectivity index (χ0) is 22.2. The van der Waals surface area contributed by atoms with Crippen molar-refractivity contribution in [2.45, 2.75) is 12.0 Å². The number of nitrogens with zero attached hydrogens (tertiary/aromatic N) is 4. The molecule has 2 saturated heterocycles. The summed E-state index contributed by atoms with van der Waals surface area (Å²) in [7, 11) is -1.81. The van der Waals surface area contributed by atoms with Gasteiger partial charge in [-0.3, -0.25) is 0 Å². The van der Waals surface area contributed by atoms with Crippen LogP contribution in [0.2, 0.25) is 10.0 Å². The second kappa shape index (κ2) is 8.78. The van der Waals surface area contributed by atoms with Crippen LogP contribution in [0.15, 0.2) is 18.2 Å². The average Bonchev–Trinajstić information content (AvgIpc) is 3.13. The van der Waals surface area contributed by atoms with Crippen molar-refractivity contribution >= 4 is 45.3 Å². The van der Waals surface area contributed by atoms with Gasteiger partial charge in [-0.1, -0.05) is 29.3 Å². The number of carbonyl (C=O) groups is 2. The monoisotopic (exact) mass is 478 g/mol. The maximum Gasteiger partial charge on any atom is 0.407 e. The van der Waals surface area contributed by atoms with Crippen LogP contribution in [0.5, 0.6) is 0 Å². The van der Waals surface area contributed by atoms with Gasteiger partial charge < -0.3 is 19.8 Å². The highest BCUT2D eigenvalue weighted by atomic mass is 35.5. The van der Waals surface area contributed by atoms with E-state index in [0.717, 1.165) is 11.8 Å². The minimum absolute atomic E-state index is 0.227. The molecule has 2 heterocycles. The molecule has 3 amide bonds. The van der Waals surface area contributed by atoms with Crippen LogP contribution in [0.4, 0.5) is 9.59 Å². The van der Waals surface area contributed by atoms with Gasteiger partial charge in [0, 0.05) is 52.2 Å². The molecule has 0 radical (unpaired) electrons. The zero-order valence-electron chi connectivity index (χ0n) is 16.7. The van der Waals surface area contributed by atoms with E-state index in [-0.39, 0.29) is 31.6 Å². The molecule has 0 unspecified atom stereocenters. The first-order chi connectivity index (χ1) is 14.0. The number of amides is 3. The third kappa shape index (κ3) is 4.77. The molecule has 2 atom stereocenters. The van der Waals surface area contributed by atoms with Crippen molar-refractivity contribution < 1.29 is 23.1 Å². The lowest BCUT2D eigenvalue weighted by atomic mass is 9.93. The van der Waals surface area contributed by atoms with Crippen LogP contribution < -0.4 is 0 Å². The first-order valence-corrected chi connectivity index (χ1v) is 12.0. The fourth-order valence-corrected chi connectivity index (χ4v) is 5.09. The lowest BCUT2D eigenvalue weighted by molar-refractivity contribution is 0.128. The molecular weight excluding hydrogens is 455 g/mol. The van der Waals surface area contributed by atoms with Crippen LogP contribution in [0.3, 0.4) is 0 Å². The number of hydrogen-bond acceptors (Lipinski definition) is 4. The molecule has 0 aliphatic carbocycles. The molecule has 0 aromatic heterocycles. The number of urea groups is 1. The Bertz CT molecular complexity index is 937. The van der Waals surface area contributed by atoms with E-state index in [9.17, 15) is 23.1 Å². The molecule has 2 aliphatic rings. The summed E-state index contributed by atoms with van der Waals surface area (Å²) in [4.78, 5) is 29.1. The summed E-state index contributed by atoms with van der Waals surface area (Å²) in [5, 5.41) is 10.3. The number of piperazine rings is 1. The molecular formula is C18H24Cl2N4O5S. The van der Waals surface area contributed by atoms with Crippen molar-refractivity contribution in [2.75, 3.05) is 52.6 Å². The Morgan fingerprint density at radius 1 is 1.07 bits per heavy atom. The van der Waals surface area contributed by atoms with Crippen LogP contribution in [-0.4, -0.2) is 103 Å². The number of carbonyl (C=O) groups excluding carboxylic acids is 1. The molecule has 0 bridgehead atoms. The van der Waals surface area contributed by atoms with Crippen LogP contribution in [0.1, 0.15) is 11.5 Å². The van der Waals surface area contributed by atoms with Crippen LogP contribution in [0, 0.1) is 0 Å². The third-order valence-electron chi connectivity index (χ3n) is 5.71. The van der Waals surface area contributed by atoms with Gasteiger partial charge in [-0.15, -0.1) is 0 Å². The maximum absolute atomic E-state index is 13.1. The van der Waals surface area contributed by atoms with Crippen molar-refractivity contribution in [1.29, 1.82) is 0 Å². The molecule has 2 aliphatic heterocycles. The molecule has 0 spiro atoms. The Morgan fingerprint density at radius 2 is 1.70 bits per heavy atom. The number of hydrogen-bond donors (Lipinski definition) is 1. The number of sulfonamides is 1. The van der Waals surface area contributed by atoms with E-state index < -0.39 is 22.2 Å². The highest BCUT2D eigenvalue weighted by molar-refractivity contribution is 7.88. The average molecular weight is 479 g/mol. The van der Waals surface area contributed by atoms with Crippen molar-refractivity contribution in [3.05, 3.63) is 33.8 Å². The number of halogens is 2. The topological polar surface area (TPSA) is 101 Å². The smallest absolute Gasteiger partial charge is 0.407 e. The van der Waals surface area contributed by atoms with Gasteiger partial charge in [0.05, 0.1) is 22.3 Å². The molecule has 9 nitrogen and oxygen atoms in total. The minimum Gasteiger partial charge on any atom is -0.465 e. The second-order valence-electron chi connectivity index (χ2n) is 7.58. The van der Waals surface area contributed by atoms with Crippen molar-refractivity contribution in [3.8, 4) is 0 Å². The number of benzene rings is 1. The Morgan fingerprint density at radius 3 is 2.23 bits per heavy atom. The van der Waals surface area contributed by atoms with Crippen molar-refractivity contribution in [1.82, 2.24) is 19.0 Å². The van der Waals surface area contributed by atoms with Gasteiger partial charge in [-0.05, 0) is 17.7 Å². The van der Waals surface area contributed by atoms with Gasteiger partial charge >= 0.3 is 12.1 Å². The van der Waals surface area contributed by atoms with E-state index in [0.29, 0.717) is 29.7 Å². The molecule has 30 heavy (non-hydrogen) atoms. The number of rotatable bonds is 3. The molecule has 1 aromatic rings. The Kier molecular flexibility index (Phi) is 6.71. The van der Waals surface area contributed by atoms with Gasteiger partial charge in [0.25, 0.3) is 0 Å². The standard InChI is InChI=1S/C18H24Cl2N4O5S/c1-21(18(26)27)16-11-23(10-13(16)12-3-4-14(19)15(20)9-12)17(25)22-5-7-24(8-6-22)30(2,28)29/h3-4,9,13,16H,5-8,10-11H2,1-2H3,(H,26,27)/t13-,16+/m0/s1. The predicted molar refractivity (Wildman–Crippen MR) is 114 cm³/mol. The number of likely N-dealkylation sites (tertiary alicyclic amines) is 1. The van der Waals surface area contributed by atoms with E-state index in [1.165, 1.54) is 16.3 Å². The quantitative estimate of drug-likeness (QED) is 0.716. The summed E-state index contributed by atoms with van der Waals surface area (Å²) in [6, 6.07) is 4.48. The fourth-order valence-electron chi connectivity index (χ4n) is 3.96. The van der Waals surface area contributed by atoms with Gasteiger partial charge in [-0.2, -0.15) is 4.31 Å². The third-order valence-corrected chi connectivity index (χ3v) is 7.75. The first-order valence-electron chi connectivity index (χ1n) is 9.38. The largest absolute Gasteiger partial charge is 0.465 e. The van der Waals surface area contributed by atoms with E-state index in [1.807, 2.05) is 0 Å². The molecule has 3 rings (SSSR count). The highest BCUT2D eigenvalue weighted by Crippen LogP contribution is 2.34. The fraction of sp³-hybridized carbons (Fsp3) is 0.556. The van der Waals surface area contributed by atoms with E-state index in [4.69, 9.17) is 23.2 Å². The normalized spacial score (nSPS) is 22.9. The van der Waals surface area contributed by atoms with Crippen molar-refractivity contribution in [3.63, 3.8) is 0 Å². The van der Waals surface area contributed by atoms with Gasteiger partial charge in [0.1, 0.15) is 0 Å². The minimum atomic E-state index is -3.29. The van der Waals surface area contributed by atoms with Gasteiger partial charge in [0.2, 0.25) is 10.0 Å².